The monoisotopic (exact) mass is 360 g/mol. The third-order valence-electron chi connectivity index (χ3n) is 3.92. The fraction of sp³-hybridized carbons (Fsp3) is 0.474. The minimum absolute atomic E-state index is 0.283. The lowest BCUT2D eigenvalue weighted by atomic mass is 10.1. The van der Waals surface area contributed by atoms with Crippen molar-refractivity contribution in [3.8, 4) is 17.2 Å². The topological polar surface area (TPSA) is 91.5 Å². The van der Waals surface area contributed by atoms with Crippen LogP contribution in [0.1, 0.15) is 31.7 Å². The minimum Gasteiger partial charge on any atom is -0.493 e. The number of nitrogen functional groups attached to an aromatic ring is 1. The third-order valence-corrected chi connectivity index (χ3v) is 3.92. The number of unbranched alkanes of at least 4 members (excludes halogenated alkanes) is 1. The SMILES string of the molecule is CCCCNc1nc(N)ncc1CCCOc1cccc(OC)c1OC. The molecule has 1 aromatic carbocycles. The molecule has 7 nitrogen and oxygen atoms in total. The molecule has 2 aromatic rings. The van der Waals surface area contributed by atoms with Crippen molar-refractivity contribution < 1.29 is 14.2 Å². The van der Waals surface area contributed by atoms with Crippen molar-refractivity contribution in [3.63, 3.8) is 0 Å². The molecular formula is C19H28N4O3. The lowest BCUT2D eigenvalue weighted by Gasteiger charge is -2.14. The highest BCUT2D eigenvalue weighted by molar-refractivity contribution is 5.51. The number of hydrogen-bond acceptors (Lipinski definition) is 7. The van der Waals surface area contributed by atoms with Crippen LogP contribution in [0.25, 0.3) is 0 Å². The number of aryl methyl sites for hydroxylation is 1. The van der Waals surface area contributed by atoms with Gasteiger partial charge in [0.1, 0.15) is 5.82 Å². The average molecular weight is 360 g/mol. The highest BCUT2D eigenvalue weighted by Crippen LogP contribution is 2.36. The molecule has 1 heterocycles. The molecule has 0 radical (unpaired) electrons. The van der Waals surface area contributed by atoms with Gasteiger partial charge in [0.2, 0.25) is 11.7 Å². The van der Waals surface area contributed by atoms with Crippen LogP contribution >= 0.6 is 0 Å². The lowest BCUT2D eigenvalue weighted by molar-refractivity contribution is 0.280. The predicted octanol–water partition coefficient (Wildman–Crippen LogP) is 3.30. The summed E-state index contributed by atoms with van der Waals surface area (Å²) in [5, 5.41) is 3.34. The zero-order chi connectivity index (χ0) is 18.8. The molecule has 0 saturated carbocycles. The van der Waals surface area contributed by atoms with E-state index in [1.807, 2.05) is 18.2 Å². The van der Waals surface area contributed by atoms with Crippen molar-refractivity contribution in [2.75, 3.05) is 38.4 Å². The zero-order valence-electron chi connectivity index (χ0n) is 15.7. The maximum Gasteiger partial charge on any atom is 0.221 e. The molecule has 7 heteroatoms. The first kappa shape index (κ1) is 19.6. The molecule has 0 fully saturated rings. The average Bonchev–Trinajstić information content (AvgIpc) is 2.66. The molecule has 3 N–H and O–H groups in total. The van der Waals surface area contributed by atoms with E-state index in [9.17, 15) is 0 Å². The summed E-state index contributed by atoms with van der Waals surface area (Å²) in [7, 11) is 3.21. The molecule has 0 aliphatic heterocycles. The van der Waals surface area contributed by atoms with Crippen LogP contribution in [0, 0.1) is 0 Å². The molecule has 0 bridgehead atoms. The van der Waals surface area contributed by atoms with Crippen molar-refractivity contribution >= 4 is 11.8 Å². The summed E-state index contributed by atoms with van der Waals surface area (Å²) in [5.74, 6) is 3.02. The quantitative estimate of drug-likeness (QED) is 0.594. The summed E-state index contributed by atoms with van der Waals surface area (Å²) in [6, 6.07) is 5.58. The first-order valence-corrected chi connectivity index (χ1v) is 8.88. The first-order chi connectivity index (χ1) is 12.7. The van der Waals surface area contributed by atoms with E-state index in [-0.39, 0.29) is 5.95 Å². The molecule has 26 heavy (non-hydrogen) atoms. The van der Waals surface area contributed by atoms with Crippen molar-refractivity contribution in [2.24, 2.45) is 0 Å². The number of para-hydroxylation sites is 1. The Hall–Kier alpha value is -2.70. The van der Waals surface area contributed by atoms with Crippen LogP contribution in [0.2, 0.25) is 0 Å². The van der Waals surface area contributed by atoms with Gasteiger partial charge in [-0.3, -0.25) is 0 Å². The van der Waals surface area contributed by atoms with E-state index >= 15 is 0 Å². The van der Waals surface area contributed by atoms with Crippen molar-refractivity contribution in [2.45, 2.75) is 32.6 Å². The van der Waals surface area contributed by atoms with Crippen LogP contribution in [0.4, 0.5) is 11.8 Å². The van der Waals surface area contributed by atoms with Crippen LogP contribution in [0.15, 0.2) is 24.4 Å². The number of nitrogens with zero attached hydrogens (tertiary/aromatic N) is 2. The van der Waals surface area contributed by atoms with Crippen molar-refractivity contribution in [1.82, 2.24) is 9.97 Å². The van der Waals surface area contributed by atoms with E-state index in [2.05, 4.69) is 22.2 Å². The second-order valence-electron chi connectivity index (χ2n) is 5.83. The van der Waals surface area contributed by atoms with Crippen LogP contribution < -0.4 is 25.3 Å². The Morgan fingerprint density at radius 3 is 2.65 bits per heavy atom. The summed E-state index contributed by atoms with van der Waals surface area (Å²) in [6.07, 6.45) is 5.60. The highest BCUT2D eigenvalue weighted by atomic mass is 16.5. The van der Waals surface area contributed by atoms with Crippen LogP contribution in [0.3, 0.4) is 0 Å². The highest BCUT2D eigenvalue weighted by Gasteiger charge is 2.11. The fourth-order valence-electron chi connectivity index (χ4n) is 2.56. The van der Waals surface area contributed by atoms with Gasteiger partial charge in [-0.1, -0.05) is 19.4 Å². The molecule has 2 rings (SSSR count). The van der Waals surface area contributed by atoms with Crippen LogP contribution in [-0.2, 0) is 6.42 Å². The van der Waals surface area contributed by atoms with Gasteiger partial charge >= 0.3 is 0 Å². The maximum absolute atomic E-state index is 5.86. The minimum atomic E-state index is 0.283. The summed E-state index contributed by atoms with van der Waals surface area (Å²) in [4.78, 5) is 8.41. The largest absolute Gasteiger partial charge is 0.493 e. The molecule has 0 amide bonds. The lowest BCUT2D eigenvalue weighted by Crippen LogP contribution is -2.10. The summed E-state index contributed by atoms with van der Waals surface area (Å²) >= 11 is 0. The number of hydrogen-bond donors (Lipinski definition) is 2. The van der Waals surface area contributed by atoms with Gasteiger partial charge in [0.05, 0.1) is 20.8 Å². The van der Waals surface area contributed by atoms with E-state index in [0.29, 0.717) is 23.9 Å². The molecule has 0 aliphatic rings. The predicted molar refractivity (Wildman–Crippen MR) is 103 cm³/mol. The van der Waals surface area contributed by atoms with E-state index in [1.165, 1.54) is 0 Å². The standard InChI is InChI=1S/C19H28N4O3/c1-4-5-11-21-18-14(13-22-19(20)23-18)8-7-12-26-16-10-6-9-15(24-2)17(16)25-3/h6,9-10,13H,4-5,7-8,11-12H2,1-3H3,(H3,20,21,22,23). The Bertz CT molecular complexity index is 694. The Kier molecular flexibility index (Phi) is 7.79. The number of nitrogens with two attached hydrogens (primary N) is 1. The molecule has 0 aliphatic carbocycles. The van der Waals surface area contributed by atoms with Gasteiger partial charge in [-0.25, -0.2) is 4.98 Å². The first-order valence-electron chi connectivity index (χ1n) is 8.88. The van der Waals surface area contributed by atoms with E-state index in [1.54, 1.807) is 20.4 Å². The number of ether oxygens (including phenoxy) is 3. The molecule has 0 saturated heterocycles. The molecule has 0 unspecified atom stereocenters. The second-order valence-corrected chi connectivity index (χ2v) is 5.83. The van der Waals surface area contributed by atoms with Crippen LogP contribution in [-0.4, -0.2) is 37.3 Å². The maximum atomic E-state index is 5.86. The van der Waals surface area contributed by atoms with Gasteiger partial charge < -0.3 is 25.3 Å². The Morgan fingerprint density at radius 2 is 1.92 bits per heavy atom. The molecule has 0 atom stereocenters. The van der Waals surface area contributed by atoms with Gasteiger partial charge in [-0.05, 0) is 31.4 Å². The van der Waals surface area contributed by atoms with Crippen LogP contribution in [0.5, 0.6) is 17.2 Å². The van der Waals surface area contributed by atoms with Crippen molar-refractivity contribution in [1.29, 1.82) is 0 Å². The van der Waals surface area contributed by atoms with Gasteiger partial charge in [-0.2, -0.15) is 4.98 Å². The number of methoxy groups -OCH3 is 2. The second kappa shape index (κ2) is 10.3. The third kappa shape index (κ3) is 5.40. The van der Waals surface area contributed by atoms with Gasteiger partial charge in [-0.15, -0.1) is 0 Å². The Labute approximate surface area is 154 Å². The molecular weight excluding hydrogens is 332 g/mol. The van der Waals surface area contributed by atoms with Crippen molar-refractivity contribution in [3.05, 3.63) is 30.0 Å². The molecule has 142 valence electrons. The van der Waals surface area contributed by atoms with Gasteiger partial charge in [0, 0.05) is 18.3 Å². The van der Waals surface area contributed by atoms with E-state index in [4.69, 9.17) is 19.9 Å². The van der Waals surface area contributed by atoms with Gasteiger partial charge in [0.25, 0.3) is 0 Å². The summed E-state index contributed by atoms with van der Waals surface area (Å²) in [5.41, 5.74) is 6.75. The Balaban J connectivity index is 1.92. The Morgan fingerprint density at radius 1 is 1.12 bits per heavy atom. The number of aromatic nitrogens is 2. The van der Waals surface area contributed by atoms with E-state index in [0.717, 1.165) is 43.6 Å². The van der Waals surface area contributed by atoms with E-state index < -0.39 is 0 Å². The molecule has 1 aromatic heterocycles. The number of rotatable bonds is 11. The smallest absolute Gasteiger partial charge is 0.221 e. The number of benzene rings is 1. The van der Waals surface area contributed by atoms with Gasteiger partial charge in [0.15, 0.2) is 11.5 Å². The summed E-state index contributed by atoms with van der Waals surface area (Å²) in [6.45, 7) is 3.57. The number of nitrogens with one attached hydrogen (secondary N) is 1. The normalized spacial score (nSPS) is 10.4. The fourth-order valence-corrected chi connectivity index (χ4v) is 2.56. The molecule has 0 spiro atoms. The summed E-state index contributed by atoms with van der Waals surface area (Å²) < 4.78 is 16.5. The number of anilines is 2. The zero-order valence-corrected chi connectivity index (χ0v) is 15.7.